The summed E-state index contributed by atoms with van der Waals surface area (Å²) in [6.45, 7) is 8.88. The summed E-state index contributed by atoms with van der Waals surface area (Å²) >= 11 is 2.90. The van der Waals surface area contributed by atoms with Gasteiger partial charge in [0.25, 0.3) is 0 Å². The summed E-state index contributed by atoms with van der Waals surface area (Å²) in [7, 11) is 0. The molecule has 0 spiro atoms. The van der Waals surface area contributed by atoms with Gasteiger partial charge in [-0.25, -0.2) is 0 Å². The largest absolute Gasteiger partial charge is 0.316 e. The fourth-order valence-corrected chi connectivity index (χ4v) is 6.93. The third-order valence-corrected chi connectivity index (χ3v) is 9.24. The number of fused-ring (bicyclic) bond motifs is 1. The molecule has 5 rings (SSSR count). The van der Waals surface area contributed by atoms with Gasteiger partial charge in [0.15, 0.2) is 11.0 Å². The Kier molecular flexibility index (Phi) is 7.42. The topological polar surface area (TPSA) is 83.6 Å². The molecule has 194 valence electrons. The monoisotopic (exact) mass is 541 g/mol. The van der Waals surface area contributed by atoms with E-state index in [-0.39, 0.29) is 17.1 Å². The van der Waals surface area contributed by atoms with Crippen molar-refractivity contribution < 1.29 is 4.79 Å². The van der Waals surface area contributed by atoms with Crippen molar-refractivity contribution in [1.29, 1.82) is 5.26 Å². The summed E-state index contributed by atoms with van der Waals surface area (Å²) in [5.74, 6) is 1.31. The lowest BCUT2D eigenvalue weighted by Crippen LogP contribution is -2.26. The average Bonchev–Trinajstić information content (AvgIpc) is 3.48. The second-order valence-electron chi connectivity index (χ2n) is 10.8. The van der Waals surface area contributed by atoms with Gasteiger partial charge in [-0.2, -0.15) is 5.26 Å². The van der Waals surface area contributed by atoms with Gasteiger partial charge in [0.05, 0.1) is 11.3 Å². The zero-order chi connectivity index (χ0) is 26.9. The van der Waals surface area contributed by atoms with Crippen molar-refractivity contribution >= 4 is 34.0 Å². The molecule has 2 aromatic heterocycles. The van der Waals surface area contributed by atoms with Gasteiger partial charge in [-0.05, 0) is 55.2 Å². The Morgan fingerprint density at radius 3 is 2.58 bits per heavy atom. The van der Waals surface area contributed by atoms with E-state index in [0.717, 1.165) is 47.5 Å². The van der Waals surface area contributed by atoms with Crippen LogP contribution < -0.4 is 5.32 Å². The fourth-order valence-electron chi connectivity index (χ4n) is 4.89. The van der Waals surface area contributed by atoms with E-state index in [2.05, 4.69) is 61.4 Å². The molecular weight excluding hydrogens is 510 g/mol. The number of carbonyl (C=O) groups excluding carboxylic acids is 1. The molecule has 4 aromatic rings. The van der Waals surface area contributed by atoms with E-state index in [1.54, 1.807) is 11.3 Å². The Balaban J connectivity index is 1.35. The summed E-state index contributed by atoms with van der Waals surface area (Å²) < 4.78 is 1.99. The summed E-state index contributed by atoms with van der Waals surface area (Å²) in [5.41, 5.74) is 5.03. The summed E-state index contributed by atoms with van der Waals surface area (Å²) in [4.78, 5) is 14.3. The molecule has 1 aliphatic rings. The van der Waals surface area contributed by atoms with Gasteiger partial charge in [0.2, 0.25) is 5.91 Å². The average molecular weight is 542 g/mol. The molecule has 38 heavy (non-hydrogen) atoms. The maximum absolute atomic E-state index is 13.1. The predicted octanol–water partition coefficient (Wildman–Crippen LogP) is 7.06. The van der Waals surface area contributed by atoms with Crippen LogP contribution in [0.1, 0.15) is 48.8 Å². The SMILES string of the molecule is Cc1ccc(-n2c(SCC(=O)Nc3sc4c(c3C#N)CC[C@H](C(C)(C)C)C4)nnc2-c2ccccc2)cc1. The van der Waals surface area contributed by atoms with Crippen LogP contribution in [0.15, 0.2) is 59.8 Å². The number of nitriles is 1. The first-order chi connectivity index (χ1) is 18.2. The number of aryl methyl sites for hydroxylation is 1. The van der Waals surface area contributed by atoms with Crippen LogP contribution in [0.2, 0.25) is 0 Å². The van der Waals surface area contributed by atoms with E-state index in [9.17, 15) is 10.1 Å². The molecule has 8 heteroatoms. The Labute approximate surface area is 232 Å². The molecule has 0 radical (unpaired) electrons. The summed E-state index contributed by atoms with van der Waals surface area (Å²) in [6.07, 6.45) is 2.93. The third kappa shape index (κ3) is 5.40. The molecule has 0 bridgehead atoms. The number of nitrogens with zero attached hydrogens (tertiary/aromatic N) is 4. The van der Waals surface area contributed by atoms with Gasteiger partial charge in [-0.1, -0.05) is 80.6 Å². The zero-order valence-corrected chi connectivity index (χ0v) is 23.7. The molecule has 6 nitrogen and oxygen atoms in total. The molecule has 1 N–H and O–H groups in total. The van der Waals surface area contributed by atoms with E-state index in [1.807, 2.05) is 47.0 Å². The number of thiophene rings is 1. The first-order valence-electron chi connectivity index (χ1n) is 12.8. The lowest BCUT2D eigenvalue weighted by atomic mass is 9.72. The van der Waals surface area contributed by atoms with Crippen molar-refractivity contribution in [2.75, 3.05) is 11.1 Å². The van der Waals surface area contributed by atoms with Crippen molar-refractivity contribution in [3.8, 4) is 23.1 Å². The van der Waals surface area contributed by atoms with Crippen LogP contribution in [-0.2, 0) is 17.6 Å². The van der Waals surface area contributed by atoms with Crippen molar-refractivity contribution in [3.63, 3.8) is 0 Å². The molecule has 1 aliphatic carbocycles. The maximum Gasteiger partial charge on any atom is 0.235 e. The number of anilines is 1. The number of hydrogen-bond acceptors (Lipinski definition) is 6. The van der Waals surface area contributed by atoms with Crippen LogP contribution in [0.5, 0.6) is 0 Å². The minimum absolute atomic E-state index is 0.155. The van der Waals surface area contributed by atoms with Crippen LogP contribution in [0.4, 0.5) is 5.00 Å². The number of thioether (sulfide) groups is 1. The molecule has 0 unspecified atom stereocenters. The second-order valence-corrected chi connectivity index (χ2v) is 12.9. The van der Waals surface area contributed by atoms with Gasteiger partial charge >= 0.3 is 0 Å². The quantitative estimate of drug-likeness (QED) is 0.264. The highest BCUT2D eigenvalue weighted by atomic mass is 32.2. The number of aromatic nitrogens is 3. The number of hydrogen-bond donors (Lipinski definition) is 1. The van der Waals surface area contributed by atoms with Crippen molar-refractivity contribution in [2.45, 2.75) is 52.1 Å². The summed E-state index contributed by atoms with van der Waals surface area (Å²) in [6, 6.07) is 20.5. The maximum atomic E-state index is 13.1. The van der Waals surface area contributed by atoms with Gasteiger partial charge in [0, 0.05) is 16.1 Å². The molecule has 2 heterocycles. The zero-order valence-electron chi connectivity index (χ0n) is 22.1. The van der Waals surface area contributed by atoms with E-state index in [0.29, 0.717) is 21.6 Å². The minimum Gasteiger partial charge on any atom is -0.316 e. The number of rotatable bonds is 6. The molecular formula is C30H31N5OS2. The van der Waals surface area contributed by atoms with E-state index in [4.69, 9.17) is 0 Å². The highest BCUT2D eigenvalue weighted by molar-refractivity contribution is 7.99. The standard InChI is InChI=1S/C30H31N5OS2/c1-19-10-13-22(14-11-19)35-27(20-8-6-5-7-9-20)33-34-29(35)37-18-26(36)32-28-24(17-31)23-15-12-21(30(2,3)4)16-25(23)38-28/h5-11,13-14,21H,12,15-16,18H2,1-4H3,(H,32,36)/t21-/m0/s1. The number of carbonyl (C=O) groups is 1. The molecule has 0 saturated heterocycles. The smallest absolute Gasteiger partial charge is 0.235 e. The fraction of sp³-hybridized carbons (Fsp3) is 0.333. The first-order valence-corrected chi connectivity index (χ1v) is 14.6. The van der Waals surface area contributed by atoms with Crippen molar-refractivity contribution in [2.24, 2.45) is 11.3 Å². The highest BCUT2D eigenvalue weighted by Gasteiger charge is 2.32. The van der Waals surface area contributed by atoms with Gasteiger partial charge in [0.1, 0.15) is 11.1 Å². The summed E-state index contributed by atoms with van der Waals surface area (Å²) in [5, 5.41) is 23.1. The number of nitrogens with one attached hydrogen (secondary N) is 1. The third-order valence-electron chi connectivity index (χ3n) is 7.14. The van der Waals surface area contributed by atoms with Gasteiger partial charge in [-0.3, -0.25) is 9.36 Å². The molecule has 0 fully saturated rings. The van der Waals surface area contributed by atoms with E-state index < -0.39 is 0 Å². The van der Waals surface area contributed by atoms with Crippen LogP contribution in [0.25, 0.3) is 17.1 Å². The van der Waals surface area contributed by atoms with Gasteiger partial charge in [-0.15, -0.1) is 21.5 Å². The minimum atomic E-state index is -0.155. The Hall–Kier alpha value is -3.41. The molecule has 1 amide bonds. The highest BCUT2D eigenvalue weighted by Crippen LogP contribution is 2.44. The van der Waals surface area contributed by atoms with Crippen LogP contribution in [0, 0.1) is 29.6 Å². The van der Waals surface area contributed by atoms with Crippen LogP contribution in [-0.4, -0.2) is 26.4 Å². The Morgan fingerprint density at radius 2 is 1.89 bits per heavy atom. The second kappa shape index (κ2) is 10.8. The Morgan fingerprint density at radius 1 is 1.16 bits per heavy atom. The molecule has 2 aromatic carbocycles. The number of amides is 1. The van der Waals surface area contributed by atoms with E-state index in [1.165, 1.54) is 16.6 Å². The van der Waals surface area contributed by atoms with Crippen LogP contribution >= 0.6 is 23.1 Å². The predicted molar refractivity (Wildman–Crippen MR) is 155 cm³/mol. The van der Waals surface area contributed by atoms with E-state index >= 15 is 0 Å². The normalized spacial score (nSPS) is 15.1. The lowest BCUT2D eigenvalue weighted by Gasteiger charge is -2.33. The first kappa shape index (κ1) is 26.2. The van der Waals surface area contributed by atoms with Gasteiger partial charge < -0.3 is 5.32 Å². The lowest BCUT2D eigenvalue weighted by molar-refractivity contribution is -0.113. The number of benzene rings is 2. The molecule has 0 aliphatic heterocycles. The molecule has 0 saturated carbocycles. The van der Waals surface area contributed by atoms with Crippen molar-refractivity contribution in [3.05, 3.63) is 76.2 Å². The van der Waals surface area contributed by atoms with Crippen LogP contribution in [0.3, 0.4) is 0 Å². The Bertz CT molecular complexity index is 1490. The van der Waals surface area contributed by atoms with Crippen molar-refractivity contribution in [1.82, 2.24) is 14.8 Å². The molecule has 1 atom stereocenters.